The van der Waals surface area contributed by atoms with Crippen molar-refractivity contribution in [1.82, 2.24) is 14.7 Å². The monoisotopic (exact) mass is 467 g/mol. The molecule has 0 aromatic heterocycles. The molecule has 1 aromatic rings. The molecule has 0 N–H and O–H groups in total. The van der Waals surface area contributed by atoms with Gasteiger partial charge in [-0.3, -0.25) is 9.69 Å². The van der Waals surface area contributed by atoms with Gasteiger partial charge >= 0.3 is 6.09 Å². The Morgan fingerprint density at radius 3 is 2.47 bits per heavy atom. The molecule has 1 amide bonds. The predicted molar refractivity (Wildman–Crippen MR) is 133 cm³/mol. The average molecular weight is 468 g/mol. The summed E-state index contributed by atoms with van der Waals surface area (Å²) >= 11 is 0. The van der Waals surface area contributed by atoms with E-state index in [0.717, 1.165) is 38.0 Å². The Labute approximate surface area is 204 Å². The number of rotatable bonds is 6. The molecule has 3 saturated heterocycles. The number of amides is 1. The van der Waals surface area contributed by atoms with E-state index in [0.29, 0.717) is 42.4 Å². The average Bonchev–Trinajstić information content (AvgIpc) is 3.31. The highest BCUT2D eigenvalue weighted by Gasteiger charge is 2.51. The molecule has 1 aromatic carbocycles. The molecule has 1 spiro atoms. The molecule has 1 aliphatic carbocycles. The van der Waals surface area contributed by atoms with E-state index >= 15 is 0 Å². The Kier molecular flexibility index (Phi) is 7.26. The molecule has 1 unspecified atom stereocenters. The van der Waals surface area contributed by atoms with Crippen molar-refractivity contribution in [2.75, 3.05) is 39.3 Å². The molecule has 5 rings (SSSR count). The molecule has 6 heteroatoms. The molecule has 0 bridgehead atoms. The van der Waals surface area contributed by atoms with Gasteiger partial charge in [-0.1, -0.05) is 36.8 Å². The van der Waals surface area contributed by atoms with E-state index in [-0.39, 0.29) is 6.09 Å². The van der Waals surface area contributed by atoms with Crippen molar-refractivity contribution in [2.24, 2.45) is 5.41 Å². The van der Waals surface area contributed by atoms with Crippen molar-refractivity contribution in [3.8, 4) is 0 Å². The number of carbonyl (C=O) groups is 2. The van der Waals surface area contributed by atoms with Crippen LogP contribution in [-0.4, -0.2) is 84.0 Å². The van der Waals surface area contributed by atoms with E-state index in [4.69, 9.17) is 4.74 Å². The molecule has 3 heterocycles. The molecule has 3 aliphatic heterocycles. The van der Waals surface area contributed by atoms with Crippen molar-refractivity contribution in [3.63, 3.8) is 0 Å². The van der Waals surface area contributed by atoms with Gasteiger partial charge in [0.2, 0.25) is 0 Å². The van der Waals surface area contributed by atoms with Crippen molar-refractivity contribution in [2.45, 2.75) is 82.8 Å². The maximum atomic E-state index is 12.9. The lowest BCUT2D eigenvalue weighted by Gasteiger charge is -2.53. The van der Waals surface area contributed by atoms with Crippen LogP contribution in [0.5, 0.6) is 0 Å². The van der Waals surface area contributed by atoms with E-state index in [2.05, 4.69) is 9.80 Å². The third-order valence-corrected chi connectivity index (χ3v) is 8.98. The van der Waals surface area contributed by atoms with Crippen molar-refractivity contribution in [3.05, 3.63) is 35.9 Å². The number of carbonyl (C=O) groups excluding carboxylic acids is 2. The van der Waals surface area contributed by atoms with Gasteiger partial charge in [0, 0.05) is 43.2 Å². The van der Waals surface area contributed by atoms with Gasteiger partial charge in [0.05, 0.1) is 6.61 Å². The van der Waals surface area contributed by atoms with Crippen molar-refractivity contribution in [1.29, 1.82) is 0 Å². The Balaban J connectivity index is 1.10. The van der Waals surface area contributed by atoms with Gasteiger partial charge in [-0.15, -0.1) is 0 Å². The van der Waals surface area contributed by atoms with E-state index < -0.39 is 0 Å². The number of hydrogen-bond donors (Lipinski definition) is 0. The number of ketones is 1. The number of nitrogens with zero attached hydrogens (tertiary/aromatic N) is 3. The van der Waals surface area contributed by atoms with Crippen LogP contribution in [0.4, 0.5) is 4.79 Å². The first-order valence-electron chi connectivity index (χ1n) is 13.6. The minimum atomic E-state index is -0.134. The summed E-state index contributed by atoms with van der Waals surface area (Å²) in [6.45, 7) is 7.55. The quantitative estimate of drug-likeness (QED) is 0.573. The van der Waals surface area contributed by atoms with Gasteiger partial charge in [-0.2, -0.15) is 0 Å². The third-order valence-electron chi connectivity index (χ3n) is 8.98. The number of ether oxygens (including phenoxy) is 1. The second-order valence-electron chi connectivity index (χ2n) is 11.1. The summed E-state index contributed by atoms with van der Waals surface area (Å²) in [5.74, 6) is 0.295. The summed E-state index contributed by atoms with van der Waals surface area (Å²) < 4.78 is 5.21. The first-order chi connectivity index (χ1) is 16.6. The highest BCUT2D eigenvalue weighted by Crippen LogP contribution is 2.50. The molecule has 0 radical (unpaired) electrons. The molecule has 1 atom stereocenters. The molecule has 6 nitrogen and oxygen atoms in total. The Morgan fingerprint density at radius 2 is 1.74 bits per heavy atom. The lowest BCUT2D eigenvalue weighted by molar-refractivity contribution is -0.0244. The fourth-order valence-electron chi connectivity index (χ4n) is 7.10. The molecular weight excluding hydrogens is 426 g/mol. The van der Waals surface area contributed by atoms with Crippen LogP contribution in [0.3, 0.4) is 0 Å². The lowest BCUT2D eigenvalue weighted by Crippen LogP contribution is -2.57. The molecule has 1 saturated carbocycles. The maximum Gasteiger partial charge on any atom is 0.409 e. The van der Waals surface area contributed by atoms with Crippen LogP contribution in [0.2, 0.25) is 0 Å². The van der Waals surface area contributed by atoms with Crippen LogP contribution in [0.25, 0.3) is 0 Å². The SMILES string of the molecule is CCOC(=O)N1CCC2(CC(N3CCC(N4CCCCC4CC(=O)c4ccccc4)CC3)C2)C1. The van der Waals surface area contributed by atoms with Gasteiger partial charge in [0.15, 0.2) is 5.78 Å². The second-order valence-corrected chi connectivity index (χ2v) is 11.1. The fourth-order valence-corrected chi connectivity index (χ4v) is 7.10. The third kappa shape index (κ3) is 5.03. The summed E-state index contributed by atoms with van der Waals surface area (Å²) in [5.41, 5.74) is 1.19. The number of piperidine rings is 2. The van der Waals surface area contributed by atoms with Gasteiger partial charge in [0.25, 0.3) is 0 Å². The van der Waals surface area contributed by atoms with Crippen LogP contribution >= 0.6 is 0 Å². The molecule has 4 aliphatic rings. The minimum Gasteiger partial charge on any atom is -0.450 e. The summed E-state index contributed by atoms with van der Waals surface area (Å²) in [7, 11) is 0. The van der Waals surface area contributed by atoms with Crippen LogP contribution < -0.4 is 0 Å². The lowest BCUT2D eigenvalue weighted by atomic mass is 9.64. The Morgan fingerprint density at radius 1 is 0.971 bits per heavy atom. The zero-order chi connectivity index (χ0) is 23.5. The number of likely N-dealkylation sites (tertiary alicyclic amines) is 3. The second kappa shape index (κ2) is 10.4. The van der Waals surface area contributed by atoms with Gasteiger partial charge in [0.1, 0.15) is 0 Å². The summed E-state index contributed by atoms with van der Waals surface area (Å²) in [6, 6.07) is 11.5. The molecule has 4 fully saturated rings. The first-order valence-corrected chi connectivity index (χ1v) is 13.6. The van der Waals surface area contributed by atoms with E-state index in [9.17, 15) is 9.59 Å². The molecular formula is C28H41N3O3. The Hall–Kier alpha value is -1.92. The standard InChI is InChI=1S/C28H41N3O3/c1-2-34-27(33)30-17-13-28(21-30)19-25(20-28)29-15-11-23(12-16-29)31-14-7-6-10-24(31)18-26(32)22-8-4-3-5-9-22/h3-5,8-9,23-25H,2,6-7,10-21H2,1H3. The predicted octanol–water partition coefficient (Wildman–Crippen LogP) is 4.59. The first kappa shape index (κ1) is 23.8. The number of benzene rings is 1. The zero-order valence-electron chi connectivity index (χ0n) is 20.8. The van der Waals surface area contributed by atoms with Crippen LogP contribution in [0.15, 0.2) is 30.3 Å². The normalized spacial score (nSPS) is 30.9. The summed E-state index contributed by atoms with van der Waals surface area (Å²) in [6.07, 6.45) is 10.2. The summed E-state index contributed by atoms with van der Waals surface area (Å²) in [5, 5.41) is 0. The van der Waals surface area contributed by atoms with Crippen molar-refractivity contribution < 1.29 is 14.3 Å². The fraction of sp³-hybridized carbons (Fsp3) is 0.714. The summed E-state index contributed by atoms with van der Waals surface area (Å²) in [4.78, 5) is 32.3. The van der Waals surface area contributed by atoms with E-state index in [1.54, 1.807) is 0 Å². The molecule has 186 valence electrons. The van der Waals surface area contributed by atoms with Crippen LogP contribution in [0, 0.1) is 5.41 Å². The van der Waals surface area contributed by atoms with Crippen LogP contribution in [-0.2, 0) is 4.74 Å². The zero-order valence-corrected chi connectivity index (χ0v) is 20.8. The van der Waals surface area contributed by atoms with E-state index in [1.807, 2.05) is 42.2 Å². The maximum absolute atomic E-state index is 12.9. The number of hydrogen-bond acceptors (Lipinski definition) is 5. The number of Topliss-reactive ketones (excluding diaryl/α,β-unsaturated/α-hetero) is 1. The minimum absolute atomic E-state index is 0.134. The van der Waals surface area contributed by atoms with Crippen LogP contribution in [0.1, 0.15) is 75.1 Å². The largest absolute Gasteiger partial charge is 0.450 e. The highest BCUT2D eigenvalue weighted by atomic mass is 16.6. The van der Waals surface area contributed by atoms with E-state index in [1.165, 1.54) is 51.6 Å². The highest BCUT2D eigenvalue weighted by molar-refractivity contribution is 5.96. The molecule has 34 heavy (non-hydrogen) atoms. The van der Waals surface area contributed by atoms with Crippen molar-refractivity contribution >= 4 is 11.9 Å². The van der Waals surface area contributed by atoms with Gasteiger partial charge < -0.3 is 14.5 Å². The topological polar surface area (TPSA) is 53.1 Å². The van der Waals surface area contributed by atoms with Gasteiger partial charge in [-0.25, -0.2) is 4.79 Å². The smallest absolute Gasteiger partial charge is 0.409 e. The Bertz CT molecular complexity index is 846. The van der Waals surface area contributed by atoms with Gasteiger partial charge in [-0.05, 0) is 76.9 Å².